The Kier molecular flexibility index (Phi) is 6.01. The Labute approximate surface area is 187 Å². The smallest absolute Gasteiger partial charge is 0.262 e. The number of carbonyl (C=O) groups is 1. The van der Waals surface area contributed by atoms with Crippen molar-refractivity contribution in [2.45, 2.75) is 44.4 Å². The zero-order valence-corrected chi connectivity index (χ0v) is 19.1. The molecule has 1 saturated heterocycles. The summed E-state index contributed by atoms with van der Waals surface area (Å²) < 4.78 is 33.4. The first-order valence-electron chi connectivity index (χ1n) is 10.5. The van der Waals surface area contributed by atoms with Gasteiger partial charge in [-0.05, 0) is 75.1 Å². The van der Waals surface area contributed by atoms with Gasteiger partial charge in [0.05, 0.1) is 4.90 Å². The van der Waals surface area contributed by atoms with E-state index in [1.54, 1.807) is 55.1 Å². The number of aryl methyl sites for hydroxylation is 3. The summed E-state index contributed by atoms with van der Waals surface area (Å²) in [4.78, 5) is 19.2. The highest BCUT2D eigenvalue weighted by atomic mass is 32.2. The van der Waals surface area contributed by atoms with Gasteiger partial charge in [-0.25, -0.2) is 8.42 Å². The van der Waals surface area contributed by atoms with Crippen LogP contribution in [0.25, 0.3) is 0 Å². The Balaban J connectivity index is 1.40. The number of hydrogen-bond donors (Lipinski definition) is 1. The van der Waals surface area contributed by atoms with E-state index >= 15 is 0 Å². The average Bonchev–Trinajstić information content (AvgIpc) is 3.21. The van der Waals surface area contributed by atoms with Crippen LogP contribution in [0.15, 0.2) is 51.9 Å². The first-order chi connectivity index (χ1) is 15.2. The molecule has 32 heavy (non-hydrogen) atoms. The van der Waals surface area contributed by atoms with Crippen molar-refractivity contribution < 1.29 is 17.7 Å². The minimum Gasteiger partial charge on any atom is -0.339 e. The van der Waals surface area contributed by atoms with Crippen LogP contribution in [0, 0.1) is 20.8 Å². The fourth-order valence-electron chi connectivity index (χ4n) is 3.88. The first-order valence-corrected chi connectivity index (χ1v) is 12.0. The summed E-state index contributed by atoms with van der Waals surface area (Å²) in [5.41, 5.74) is 2.48. The van der Waals surface area contributed by atoms with Gasteiger partial charge in [-0.1, -0.05) is 17.3 Å². The minimum absolute atomic E-state index is 0.0749. The molecule has 3 aromatic rings. The number of aromatic nitrogens is 2. The van der Waals surface area contributed by atoms with Crippen molar-refractivity contribution in [2.75, 3.05) is 17.8 Å². The molecule has 0 saturated carbocycles. The molecule has 1 aliphatic rings. The predicted octanol–water partition coefficient (Wildman–Crippen LogP) is 3.82. The third-order valence-electron chi connectivity index (χ3n) is 5.69. The molecular weight excluding hydrogens is 428 g/mol. The van der Waals surface area contributed by atoms with Crippen LogP contribution in [0.1, 0.15) is 52.0 Å². The van der Waals surface area contributed by atoms with Crippen molar-refractivity contribution in [3.8, 4) is 0 Å². The van der Waals surface area contributed by atoms with Crippen molar-refractivity contribution in [3.05, 3.63) is 70.9 Å². The molecule has 1 amide bonds. The Hall–Kier alpha value is -3.20. The molecule has 1 aromatic heterocycles. The lowest BCUT2D eigenvalue weighted by molar-refractivity contribution is 0.0704. The molecule has 4 rings (SSSR count). The van der Waals surface area contributed by atoms with E-state index in [2.05, 4.69) is 14.9 Å². The maximum Gasteiger partial charge on any atom is 0.262 e. The van der Waals surface area contributed by atoms with Crippen LogP contribution < -0.4 is 4.72 Å². The molecule has 1 fully saturated rings. The van der Waals surface area contributed by atoms with Gasteiger partial charge in [0, 0.05) is 30.3 Å². The number of sulfonamides is 1. The lowest BCUT2D eigenvalue weighted by Crippen LogP contribution is -2.38. The summed E-state index contributed by atoms with van der Waals surface area (Å²) in [6, 6.07) is 11.8. The topological polar surface area (TPSA) is 105 Å². The van der Waals surface area contributed by atoms with E-state index in [1.165, 1.54) is 0 Å². The zero-order valence-electron chi connectivity index (χ0n) is 18.3. The molecule has 0 bridgehead atoms. The summed E-state index contributed by atoms with van der Waals surface area (Å²) in [6.07, 6.45) is 1.53. The summed E-state index contributed by atoms with van der Waals surface area (Å²) in [7, 11) is -3.72. The first kappa shape index (κ1) is 22.0. The molecule has 1 aliphatic heterocycles. The maximum atomic E-state index is 12.9. The van der Waals surface area contributed by atoms with Gasteiger partial charge in [-0.2, -0.15) is 4.98 Å². The Bertz CT molecular complexity index is 1230. The Morgan fingerprint density at radius 3 is 2.38 bits per heavy atom. The molecule has 0 atom stereocenters. The number of anilines is 1. The molecule has 9 heteroatoms. The van der Waals surface area contributed by atoms with Gasteiger partial charge in [-0.15, -0.1) is 0 Å². The van der Waals surface area contributed by atoms with E-state index in [0.717, 1.165) is 18.4 Å². The monoisotopic (exact) mass is 454 g/mol. The third kappa shape index (κ3) is 4.67. The number of nitrogens with zero attached hydrogens (tertiary/aromatic N) is 3. The van der Waals surface area contributed by atoms with Gasteiger partial charge < -0.3 is 9.42 Å². The molecule has 168 valence electrons. The van der Waals surface area contributed by atoms with Crippen LogP contribution >= 0.6 is 0 Å². The molecule has 0 aliphatic carbocycles. The molecule has 1 N–H and O–H groups in total. The van der Waals surface area contributed by atoms with Crippen LogP contribution in [0.3, 0.4) is 0 Å². The number of piperidine rings is 1. The van der Waals surface area contributed by atoms with E-state index in [0.29, 0.717) is 41.6 Å². The second-order valence-corrected chi connectivity index (χ2v) is 9.85. The standard InChI is InChI=1S/C23H26N4O4S/c1-15-4-5-16(2)21(14-15)32(29,30)26-20-8-6-19(7-9-20)23(28)27-12-10-18(11-13-27)22-24-17(3)25-31-22/h4-9,14,18,26H,10-13H2,1-3H3. The van der Waals surface area contributed by atoms with E-state index in [-0.39, 0.29) is 16.7 Å². The van der Waals surface area contributed by atoms with E-state index in [1.807, 2.05) is 13.0 Å². The lowest BCUT2D eigenvalue weighted by Gasteiger charge is -2.30. The van der Waals surface area contributed by atoms with E-state index in [4.69, 9.17) is 4.52 Å². The maximum absolute atomic E-state index is 12.9. The van der Waals surface area contributed by atoms with Gasteiger partial charge in [0.25, 0.3) is 15.9 Å². The fraction of sp³-hybridized carbons (Fsp3) is 0.348. The van der Waals surface area contributed by atoms with Gasteiger partial charge in [0.1, 0.15) is 0 Å². The molecule has 0 unspecified atom stereocenters. The number of nitrogens with one attached hydrogen (secondary N) is 1. The van der Waals surface area contributed by atoms with Crippen LogP contribution in [-0.2, 0) is 10.0 Å². The van der Waals surface area contributed by atoms with Crippen molar-refractivity contribution in [2.24, 2.45) is 0 Å². The quantitative estimate of drug-likeness (QED) is 0.628. The van der Waals surface area contributed by atoms with Crippen molar-refractivity contribution in [1.29, 1.82) is 0 Å². The highest BCUT2D eigenvalue weighted by Crippen LogP contribution is 2.28. The fourth-order valence-corrected chi connectivity index (χ4v) is 5.27. The van der Waals surface area contributed by atoms with Crippen LogP contribution in [0.5, 0.6) is 0 Å². The molecule has 2 heterocycles. The molecular formula is C23H26N4O4S. The number of hydrogen-bond acceptors (Lipinski definition) is 6. The molecule has 8 nitrogen and oxygen atoms in total. The third-order valence-corrected chi connectivity index (χ3v) is 7.22. The summed E-state index contributed by atoms with van der Waals surface area (Å²) in [6.45, 7) is 6.61. The average molecular weight is 455 g/mol. The Morgan fingerprint density at radius 2 is 1.75 bits per heavy atom. The van der Waals surface area contributed by atoms with Gasteiger partial charge in [0.2, 0.25) is 5.89 Å². The minimum atomic E-state index is -3.72. The summed E-state index contributed by atoms with van der Waals surface area (Å²) in [5, 5.41) is 3.84. The van der Waals surface area contributed by atoms with Crippen LogP contribution in [0.2, 0.25) is 0 Å². The number of benzene rings is 2. The Morgan fingerprint density at radius 1 is 1.06 bits per heavy atom. The number of likely N-dealkylation sites (tertiary alicyclic amines) is 1. The van der Waals surface area contributed by atoms with Crippen molar-refractivity contribution in [3.63, 3.8) is 0 Å². The lowest BCUT2D eigenvalue weighted by atomic mass is 9.96. The largest absolute Gasteiger partial charge is 0.339 e. The predicted molar refractivity (Wildman–Crippen MR) is 120 cm³/mol. The second-order valence-electron chi connectivity index (χ2n) is 8.20. The van der Waals surface area contributed by atoms with Crippen molar-refractivity contribution >= 4 is 21.6 Å². The molecule has 0 radical (unpaired) electrons. The summed E-state index contributed by atoms with van der Waals surface area (Å²) in [5.74, 6) is 1.35. The highest BCUT2D eigenvalue weighted by Gasteiger charge is 2.27. The van der Waals surface area contributed by atoms with E-state index in [9.17, 15) is 13.2 Å². The number of rotatable bonds is 5. The van der Waals surface area contributed by atoms with Crippen molar-refractivity contribution in [1.82, 2.24) is 15.0 Å². The highest BCUT2D eigenvalue weighted by molar-refractivity contribution is 7.92. The zero-order chi connectivity index (χ0) is 22.9. The SMILES string of the molecule is Cc1ccc(C)c(S(=O)(=O)Nc2ccc(C(=O)N3CCC(c4nc(C)no4)CC3)cc2)c1. The second kappa shape index (κ2) is 8.74. The summed E-state index contributed by atoms with van der Waals surface area (Å²) >= 11 is 0. The van der Waals surface area contributed by atoms with Crippen LogP contribution in [0.4, 0.5) is 5.69 Å². The molecule has 0 spiro atoms. The van der Waals surface area contributed by atoms with Crippen LogP contribution in [-0.4, -0.2) is 42.5 Å². The normalized spacial score (nSPS) is 15.0. The number of amides is 1. The van der Waals surface area contributed by atoms with Gasteiger partial charge >= 0.3 is 0 Å². The number of carbonyl (C=O) groups excluding carboxylic acids is 1. The van der Waals surface area contributed by atoms with E-state index < -0.39 is 10.0 Å². The van der Waals surface area contributed by atoms with Gasteiger partial charge in [0.15, 0.2) is 5.82 Å². The van der Waals surface area contributed by atoms with Gasteiger partial charge in [-0.3, -0.25) is 9.52 Å². The molecule has 2 aromatic carbocycles.